The summed E-state index contributed by atoms with van der Waals surface area (Å²) in [5, 5.41) is 12.5. The molecule has 1 fully saturated rings. The number of aromatic hydroxyl groups is 1. The van der Waals surface area contributed by atoms with Crippen LogP contribution < -0.4 is 0 Å². The van der Waals surface area contributed by atoms with Crippen LogP contribution in [0.25, 0.3) is 0 Å². The minimum atomic E-state index is -0.266. The lowest BCUT2D eigenvalue weighted by Gasteiger charge is -2.31. The minimum Gasteiger partial charge on any atom is -0.507 e. The second-order valence-corrected chi connectivity index (χ2v) is 12.6. The number of thiol groups is 1. The van der Waals surface area contributed by atoms with Gasteiger partial charge in [-0.1, -0.05) is 103 Å². The quantitative estimate of drug-likeness (QED) is 0.441. The summed E-state index contributed by atoms with van der Waals surface area (Å²) in [5.74, 6) is 1.31. The number of phenolic OH excluding ortho intramolecular Hbond substituents is 1. The lowest BCUT2D eigenvalue weighted by Crippen LogP contribution is -2.22. The van der Waals surface area contributed by atoms with E-state index in [2.05, 4.69) is 77.1 Å². The van der Waals surface area contributed by atoms with E-state index in [1.807, 2.05) is 11.8 Å². The number of benzene rings is 2. The van der Waals surface area contributed by atoms with E-state index in [4.69, 9.17) is 12.6 Å². The highest BCUT2D eigenvalue weighted by Gasteiger charge is 2.30. The van der Waals surface area contributed by atoms with E-state index in [9.17, 15) is 5.11 Å². The van der Waals surface area contributed by atoms with Crippen LogP contribution in [0.4, 0.5) is 0 Å². The molecule has 0 amide bonds. The van der Waals surface area contributed by atoms with Crippen LogP contribution in [0.1, 0.15) is 95.4 Å². The molecule has 1 saturated carbocycles. The van der Waals surface area contributed by atoms with Gasteiger partial charge in [0.05, 0.1) is 0 Å². The zero-order valence-electron chi connectivity index (χ0n) is 19.9. The Labute approximate surface area is 199 Å². The maximum absolute atomic E-state index is 11.4. The van der Waals surface area contributed by atoms with Crippen molar-refractivity contribution in [2.24, 2.45) is 0 Å². The van der Waals surface area contributed by atoms with Crippen LogP contribution in [-0.2, 0) is 16.6 Å². The molecule has 3 heteroatoms. The fourth-order valence-corrected chi connectivity index (χ4v) is 6.44. The average Bonchev–Trinajstić information content (AvgIpc) is 2.71. The Bertz CT molecular complexity index is 851. The van der Waals surface area contributed by atoms with Gasteiger partial charge in [-0.25, -0.2) is 0 Å². The first-order valence-electron chi connectivity index (χ1n) is 11.8. The largest absolute Gasteiger partial charge is 0.507 e. The van der Waals surface area contributed by atoms with Gasteiger partial charge in [-0.15, -0.1) is 0 Å². The zero-order valence-corrected chi connectivity index (χ0v) is 21.7. The molecule has 2 atom stereocenters. The Morgan fingerprint density at radius 2 is 1.55 bits per heavy atom. The van der Waals surface area contributed by atoms with Crippen molar-refractivity contribution < 1.29 is 5.11 Å². The molecule has 1 N–H and O–H groups in total. The van der Waals surface area contributed by atoms with Gasteiger partial charge in [-0.2, -0.15) is 24.4 Å². The summed E-state index contributed by atoms with van der Waals surface area (Å²) in [7, 11) is 0. The van der Waals surface area contributed by atoms with Crippen molar-refractivity contribution >= 4 is 24.4 Å². The summed E-state index contributed by atoms with van der Waals surface area (Å²) >= 11 is 6.94. The number of phenols is 1. The third-order valence-electron chi connectivity index (χ3n) is 6.84. The highest BCUT2D eigenvalue weighted by atomic mass is 32.2. The van der Waals surface area contributed by atoms with Crippen molar-refractivity contribution in [3.05, 3.63) is 64.7 Å². The summed E-state index contributed by atoms with van der Waals surface area (Å²) < 4.78 is 0. The van der Waals surface area contributed by atoms with Crippen molar-refractivity contribution in [1.29, 1.82) is 0 Å². The fourth-order valence-electron chi connectivity index (χ4n) is 4.55. The molecule has 0 aliphatic heterocycles. The summed E-state index contributed by atoms with van der Waals surface area (Å²) in [6, 6.07) is 15.0. The predicted molar refractivity (Wildman–Crippen MR) is 141 cm³/mol. The molecule has 1 aliphatic rings. The molecule has 0 spiro atoms. The minimum absolute atomic E-state index is 0.0287. The van der Waals surface area contributed by atoms with Crippen molar-refractivity contribution in [3.63, 3.8) is 0 Å². The Morgan fingerprint density at radius 3 is 2.19 bits per heavy atom. The van der Waals surface area contributed by atoms with E-state index in [-0.39, 0.29) is 10.8 Å². The van der Waals surface area contributed by atoms with Gasteiger partial charge in [-0.3, -0.25) is 0 Å². The van der Waals surface area contributed by atoms with Gasteiger partial charge in [0.2, 0.25) is 0 Å². The molecule has 1 nitrogen and oxygen atoms in total. The number of rotatable bonds is 5. The topological polar surface area (TPSA) is 20.2 Å². The Balaban J connectivity index is 1.95. The van der Waals surface area contributed by atoms with Crippen LogP contribution >= 0.6 is 24.4 Å². The molecule has 0 unspecified atom stereocenters. The van der Waals surface area contributed by atoms with Crippen LogP contribution in [0, 0.1) is 0 Å². The molecular formula is C28H40OS2. The van der Waals surface area contributed by atoms with Crippen LogP contribution in [0.5, 0.6) is 5.75 Å². The summed E-state index contributed by atoms with van der Waals surface area (Å²) in [6.45, 7) is 11.2. The molecule has 170 valence electrons. The third-order valence-corrected chi connectivity index (χ3v) is 9.13. The second-order valence-electron chi connectivity index (χ2n) is 10.7. The highest BCUT2D eigenvalue weighted by Crippen LogP contribution is 2.43. The van der Waals surface area contributed by atoms with E-state index in [1.54, 1.807) is 0 Å². The zero-order chi connectivity index (χ0) is 22.6. The van der Waals surface area contributed by atoms with Gasteiger partial charge in [0.1, 0.15) is 5.75 Å². The first kappa shape index (κ1) is 24.6. The lowest BCUT2D eigenvalue weighted by molar-refractivity contribution is 0.446. The maximum atomic E-state index is 11.4. The SMILES string of the molecule is CC(C)(C)c1cc(CS[C@@H]2CCCCCC[C@H]2S)c(O)c(C(C)(C)c2ccccc2)c1. The molecular weight excluding hydrogens is 416 g/mol. The maximum Gasteiger partial charge on any atom is 0.123 e. The molecule has 0 bridgehead atoms. The van der Waals surface area contributed by atoms with Crippen molar-refractivity contribution in [1.82, 2.24) is 0 Å². The van der Waals surface area contributed by atoms with Crippen LogP contribution in [0.15, 0.2) is 42.5 Å². The van der Waals surface area contributed by atoms with Crippen molar-refractivity contribution in [2.45, 2.75) is 100 Å². The van der Waals surface area contributed by atoms with E-state index in [0.717, 1.165) is 16.9 Å². The molecule has 0 radical (unpaired) electrons. The van der Waals surface area contributed by atoms with E-state index in [1.165, 1.54) is 49.7 Å². The lowest BCUT2D eigenvalue weighted by atomic mass is 9.74. The standard InChI is InChI=1S/C28H40OS2/c1-27(2,3)22-17-20(19-31-25-16-12-7-6-11-15-24(25)30)26(29)23(18-22)28(4,5)21-13-9-8-10-14-21/h8-10,13-14,17-18,24-25,29-30H,6-7,11-12,15-16,19H2,1-5H3/t24-,25-/m1/s1. The van der Waals surface area contributed by atoms with Gasteiger partial charge >= 0.3 is 0 Å². The Morgan fingerprint density at radius 1 is 0.903 bits per heavy atom. The fraction of sp³-hybridized carbons (Fsp3) is 0.571. The number of hydrogen-bond acceptors (Lipinski definition) is 3. The van der Waals surface area contributed by atoms with Crippen LogP contribution in [-0.4, -0.2) is 15.6 Å². The Hall–Kier alpha value is -1.06. The molecule has 31 heavy (non-hydrogen) atoms. The summed E-state index contributed by atoms with van der Waals surface area (Å²) in [4.78, 5) is 0. The molecule has 0 saturated heterocycles. The van der Waals surface area contributed by atoms with Gasteiger partial charge < -0.3 is 5.11 Å². The predicted octanol–water partition coefficient (Wildman–Crippen LogP) is 8.27. The molecule has 2 aromatic carbocycles. The van der Waals surface area contributed by atoms with Gasteiger partial charge in [0.15, 0.2) is 0 Å². The van der Waals surface area contributed by atoms with E-state index in [0.29, 0.717) is 16.2 Å². The number of thioether (sulfide) groups is 1. The van der Waals surface area contributed by atoms with Crippen molar-refractivity contribution in [2.75, 3.05) is 0 Å². The summed E-state index contributed by atoms with van der Waals surface area (Å²) in [6.07, 6.45) is 7.74. The van der Waals surface area contributed by atoms with Gasteiger partial charge in [0.25, 0.3) is 0 Å². The first-order chi connectivity index (χ1) is 14.6. The van der Waals surface area contributed by atoms with Crippen molar-refractivity contribution in [3.8, 4) is 5.75 Å². The van der Waals surface area contributed by atoms with E-state index >= 15 is 0 Å². The monoisotopic (exact) mass is 456 g/mol. The normalized spacial score (nSPS) is 20.8. The van der Waals surface area contributed by atoms with Crippen LogP contribution in [0.2, 0.25) is 0 Å². The second kappa shape index (κ2) is 10.3. The Kier molecular flexibility index (Phi) is 8.13. The van der Waals surface area contributed by atoms with Gasteiger partial charge in [0, 0.05) is 32.8 Å². The molecule has 2 aromatic rings. The highest BCUT2D eigenvalue weighted by molar-refractivity contribution is 8.00. The van der Waals surface area contributed by atoms with E-state index < -0.39 is 0 Å². The third kappa shape index (κ3) is 6.05. The number of hydrogen-bond donors (Lipinski definition) is 2. The van der Waals surface area contributed by atoms with Crippen LogP contribution in [0.3, 0.4) is 0 Å². The summed E-state index contributed by atoms with van der Waals surface area (Å²) in [5.41, 5.74) is 4.38. The molecule has 0 heterocycles. The van der Waals surface area contributed by atoms with Gasteiger partial charge in [-0.05, 0) is 29.4 Å². The molecule has 3 rings (SSSR count). The molecule has 0 aromatic heterocycles. The first-order valence-corrected chi connectivity index (χ1v) is 13.4. The smallest absolute Gasteiger partial charge is 0.123 e. The molecule has 1 aliphatic carbocycles. The average molecular weight is 457 g/mol.